The van der Waals surface area contributed by atoms with Gasteiger partial charge in [-0.15, -0.1) is 0 Å². The summed E-state index contributed by atoms with van der Waals surface area (Å²) in [6, 6.07) is 0. The fourth-order valence-electron chi connectivity index (χ4n) is 4.26. The Kier molecular flexibility index (Phi) is 2.53. The molecule has 80 valence electrons. The minimum atomic E-state index is 1.04. The second kappa shape index (κ2) is 3.71. The molecule has 0 aromatic carbocycles. The molecule has 0 spiro atoms. The predicted molar refractivity (Wildman–Crippen MR) is 62.7 cm³/mol. The Bertz CT molecular complexity index is 190. The van der Waals surface area contributed by atoms with E-state index >= 15 is 0 Å². The van der Waals surface area contributed by atoms with Gasteiger partial charge in [-0.1, -0.05) is 0 Å². The number of fused-ring (bicyclic) bond motifs is 2. The highest BCUT2D eigenvalue weighted by Gasteiger charge is 2.47. The molecule has 3 saturated carbocycles. The van der Waals surface area contributed by atoms with Crippen LogP contribution < -0.4 is 0 Å². The van der Waals surface area contributed by atoms with Crippen LogP contribution in [0.25, 0.3) is 0 Å². The van der Waals surface area contributed by atoms with Gasteiger partial charge in [0.05, 0.1) is 0 Å². The highest BCUT2D eigenvalue weighted by atomic mass is 32.1. The topological polar surface area (TPSA) is 3.24 Å². The van der Waals surface area contributed by atoms with Crippen LogP contribution in [0.15, 0.2) is 0 Å². The fraction of sp³-hybridized carbons (Fsp3) is 1.00. The number of likely N-dealkylation sites (tertiary alicyclic amines) is 1. The van der Waals surface area contributed by atoms with Gasteiger partial charge in [0, 0.05) is 25.4 Å². The molecule has 0 aromatic rings. The summed E-state index contributed by atoms with van der Waals surface area (Å²) in [6.45, 7) is 4.01. The summed E-state index contributed by atoms with van der Waals surface area (Å²) in [5, 5.41) is 0. The lowest BCUT2D eigenvalue weighted by molar-refractivity contribution is 0.0577. The Labute approximate surface area is 92.7 Å². The molecule has 0 amide bonds. The van der Waals surface area contributed by atoms with Gasteiger partial charge in [-0.05, 0) is 49.4 Å². The van der Waals surface area contributed by atoms with Crippen LogP contribution in [0.2, 0.25) is 0 Å². The van der Waals surface area contributed by atoms with Crippen molar-refractivity contribution in [3.8, 4) is 0 Å². The van der Waals surface area contributed by atoms with Gasteiger partial charge in [0.15, 0.2) is 0 Å². The van der Waals surface area contributed by atoms with Gasteiger partial charge in [-0.3, -0.25) is 0 Å². The summed E-state index contributed by atoms with van der Waals surface area (Å²) >= 11 is 4.35. The average Bonchev–Trinajstić information content (AvgIpc) is 2.65. The van der Waals surface area contributed by atoms with Gasteiger partial charge in [-0.2, -0.15) is 12.6 Å². The van der Waals surface area contributed by atoms with Crippen LogP contribution in [0.4, 0.5) is 0 Å². The van der Waals surface area contributed by atoms with E-state index in [4.69, 9.17) is 0 Å². The molecule has 1 heterocycles. The molecular weight excluding hydrogens is 190 g/mol. The molecule has 4 fully saturated rings. The van der Waals surface area contributed by atoms with E-state index in [2.05, 4.69) is 17.5 Å². The van der Waals surface area contributed by atoms with Crippen molar-refractivity contribution >= 4 is 12.6 Å². The minimum Gasteiger partial charge on any atom is -0.302 e. The molecular formula is C12H21NS. The van der Waals surface area contributed by atoms with E-state index in [1.165, 1.54) is 19.6 Å². The largest absolute Gasteiger partial charge is 0.302 e. The summed E-state index contributed by atoms with van der Waals surface area (Å²) in [6.07, 6.45) is 6.17. The lowest BCUT2D eigenvalue weighted by Gasteiger charge is -2.45. The van der Waals surface area contributed by atoms with E-state index in [0.29, 0.717) is 0 Å². The number of hydrogen-bond donors (Lipinski definition) is 1. The molecule has 0 radical (unpaired) electrons. The first kappa shape index (κ1) is 9.53. The molecule has 4 aliphatic rings. The molecule has 4 rings (SSSR count). The zero-order valence-corrected chi connectivity index (χ0v) is 9.76. The number of nitrogens with zero attached hydrogens (tertiary/aromatic N) is 1. The van der Waals surface area contributed by atoms with Crippen LogP contribution >= 0.6 is 12.6 Å². The van der Waals surface area contributed by atoms with Crippen LogP contribution in [0.3, 0.4) is 0 Å². The van der Waals surface area contributed by atoms with Gasteiger partial charge in [0.1, 0.15) is 0 Å². The maximum atomic E-state index is 4.35. The van der Waals surface area contributed by atoms with Crippen LogP contribution in [0.5, 0.6) is 0 Å². The molecule has 14 heavy (non-hydrogen) atoms. The Morgan fingerprint density at radius 1 is 0.929 bits per heavy atom. The standard InChI is InChI=1S/C12H21NS/c14-6-5-13-7-11-9-1-2-10(4-3-9)12(11)8-13/h9-12,14H,1-8H2/t9?,10?,11-,12+. The first-order valence-electron chi connectivity index (χ1n) is 6.21. The quantitative estimate of drug-likeness (QED) is 0.686. The zero-order valence-electron chi connectivity index (χ0n) is 8.86. The van der Waals surface area contributed by atoms with Gasteiger partial charge >= 0.3 is 0 Å². The van der Waals surface area contributed by atoms with E-state index in [1.807, 2.05) is 0 Å². The Morgan fingerprint density at radius 3 is 1.86 bits per heavy atom. The summed E-state index contributed by atoms with van der Waals surface area (Å²) in [5.41, 5.74) is 0. The number of rotatable bonds is 2. The lowest BCUT2D eigenvalue weighted by Crippen LogP contribution is -2.38. The first-order chi connectivity index (χ1) is 6.88. The molecule has 0 aromatic heterocycles. The first-order valence-corrected chi connectivity index (χ1v) is 6.85. The Hall–Kier alpha value is 0.310. The molecule has 1 aliphatic heterocycles. The normalized spacial score (nSPS) is 46.9. The summed E-state index contributed by atoms with van der Waals surface area (Å²) in [4.78, 5) is 2.67. The number of thiol groups is 1. The highest BCUT2D eigenvalue weighted by molar-refractivity contribution is 7.80. The van der Waals surface area contributed by atoms with E-state index in [0.717, 1.165) is 29.4 Å². The zero-order chi connectivity index (χ0) is 9.54. The third kappa shape index (κ3) is 1.42. The van der Waals surface area contributed by atoms with Crippen molar-refractivity contribution < 1.29 is 0 Å². The lowest BCUT2D eigenvalue weighted by atomic mass is 9.60. The van der Waals surface area contributed by atoms with Crippen molar-refractivity contribution in [2.45, 2.75) is 25.7 Å². The molecule has 1 nitrogen and oxygen atoms in total. The fourth-order valence-corrected chi connectivity index (χ4v) is 4.55. The van der Waals surface area contributed by atoms with Crippen LogP contribution in [-0.4, -0.2) is 30.3 Å². The minimum absolute atomic E-state index is 1.04. The van der Waals surface area contributed by atoms with Crippen molar-refractivity contribution in [1.29, 1.82) is 0 Å². The second-order valence-electron chi connectivity index (χ2n) is 5.49. The van der Waals surface area contributed by atoms with Crippen LogP contribution in [0.1, 0.15) is 25.7 Å². The highest BCUT2D eigenvalue weighted by Crippen LogP contribution is 2.51. The van der Waals surface area contributed by atoms with Gasteiger partial charge in [-0.25, -0.2) is 0 Å². The Morgan fingerprint density at radius 2 is 1.43 bits per heavy atom. The smallest absolute Gasteiger partial charge is 0.00701 e. The molecule has 2 bridgehead atoms. The van der Waals surface area contributed by atoms with Crippen molar-refractivity contribution in [2.24, 2.45) is 23.7 Å². The van der Waals surface area contributed by atoms with Gasteiger partial charge in [0.2, 0.25) is 0 Å². The monoisotopic (exact) mass is 211 g/mol. The van der Waals surface area contributed by atoms with E-state index in [1.54, 1.807) is 25.7 Å². The second-order valence-corrected chi connectivity index (χ2v) is 5.93. The molecule has 1 saturated heterocycles. The maximum Gasteiger partial charge on any atom is 0.00701 e. The summed E-state index contributed by atoms with van der Waals surface area (Å²) in [7, 11) is 0. The molecule has 0 unspecified atom stereocenters. The van der Waals surface area contributed by atoms with E-state index in [9.17, 15) is 0 Å². The molecule has 2 atom stereocenters. The predicted octanol–water partition coefficient (Wildman–Crippen LogP) is 2.28. The SMILES string of the molecule is SCCN1C[C@@H]2C3CCC(CC3)[C@@H]2C1. The van der Waals surface area contributed by atoms with E-state index in [-0.39, 0.29) is 0 Å². The van der Waals surface area contributed by atoms with Crippen molar-refractivity contribution in [2.75, 3.05) is 25.4 Å². The van der Waals surface area contributed by atoms with Crippen LogP contribution in [-0.2, 0) is 0 Å². The molecule has 2 heteroatoms. The van der Waals surface area contributed by atoms with Crippen molar-refractivity contribution in [1.82, 2.24) is 4.90 Å². The summed E-state index contributed by atoms with van der Waals surface area (Å²) in [5.74, 6) is 5.36. The molecule has 0 N–H and O–H groups in total. The molecule has 3 aliphatic carbocycles. The van der Waals surface area contributed by atoms with E-state index < -0.39 is 0 Å². The van der Waals surface area contributed by atoms with Crippen molar-refractivity contribution in [3.63, 3.8) is 0 Å². The Balaban J connectivity index is 1.71. The average molecular weight is 211 g/mol. The van der Waals surface area contributed by atoms with Crippen molar-refractivity contribution in [3.05, 3.63) is 0 Å². The van der Waals surface area contributed by atoms with Crippen LogP contribution in [0, 0.1) is 23.7 Å². The third-order valence-electron chi connectivity index (χ3n) is 4.93. The van der Waals surface area contributed by atoms with Gasteiger partial charge < -0.3 is 4.90 Å². The van der Waals surface area contributed by atoms with Gasteiger partial charge in [0.25, 0.3) is 0 Å². The maximum absolute atomic E-state index is 4.35. The number of hydrogen-bond acceptors (Lipinski definition) is 2. The third-order valence-corrected chi connectivity index (χ3v) is 5.13. The summed E-state index contributed by atoms with van der Waals surface area (Å²) < 4.78 is 0.